The fourth-order valence-corrected chi connectivity index (χ4v) is 3.21. The van der Waals surface area contributed by atoms with E-state index in [1.54, 1.807) is 0 Å². The molecule has 1 aliphatic heterocycles. The van der Waals surface area contributed by atoms with Gasteiger partial charge in [0.25, 0.3) is 0 Å². The van der Waals surface area contributed by atoms with E-state index in [-0.39, 0.29) is 0 Å². The Labute approximate surface area is 129 Å². The highest BCUT2D eigenvalue weighted by Gasteiger charge is 2.11. The fourth-order valence-electron chi connectivity index (χ4n) is 2.33. The second-order valence-corrected chi connectivity index (χ2v) is 6.17. The topological polar surface area (TPSA) is 44.5 Å². The molecule has 0 aliphatic carbocycles. The van der Waals surface area contributed by atoms with Crippen molar-refractivity contribution in [2.75, 3.05) is 24.7 Å². The van der Waals surface area contributed by atoms with Crippen molar-refractivity contribution >= 4 is 17.4 Å². The first-order valence-electron chi connectivity index (χ1n) is 7.18. The molecule has 2 aromatic carbocycles. The van der Waals surface area contributed by atoms with Crippen LogP contribution in [0.1, 0.15) is 12.0 Å². The fraction of sp³-hybridized carbons (Fsp3) is 0.294. The molecule has 2 N–H and O–H groups in total. The van der Waals surface area contributed by atoms with E-state index in [0.29, 0.717) is 13.2 Å². The molecule has 110 valence electrons. The predicted molar refractivity (Wildman–Crippen MR) is 87.3 cm³/mol. The number of aryl methyl sites for hydroxylation is 1. The van der Waals surface area contributed by atoms with Crippen LogP contribution in [0.2, 0.25) is 0 Å². The lowest BCUT2D eigenvalue weighted by atomic mass is 10.1. The maximum Gasteiger partial charge on any atom is 0.162 e. The Morgan fingerprint density at radius 1 is 1.00 bits per heavy atom. The normalized spacial score (nSPS) is 13.1. The summed E-state index contributed by atoms with van der Waals surface area (Å²) in [6.45, 7) is 1.27. The van der Waals surface area contributed by atoms with Crippen LogP contribution in [0.4, 0.5) is 5.69 Å². The Bertz CT molecular complexity index is 615. The first-order valence-corrected chi connectivity index (χ1v) is 8.17. The summed E-state index contributed by atoms with van der Waals surface area (Å²) in [6, 6.07) is 14.3. The van der Waals surface area contributed by atoms with E-state index in [1.165, 1.54) is 10.5 Å². The lowest BCUT2D eigenvalue weighted by Gasteiger charge is -2.18. The second kappa shape index (κ2) is 6.76. The van der Waals surface area contributed by atoms with Gasteiger partial charge in [-0.3, -0.25) is 0 Å². The number of ether oxygens (including phenoxy) is 2. The molecule has 1 heterocycles. The molecule has 3 nitrogen and oxygen atoms in total. The van der Waals surface area contributed by atoms with Crippen molar-refractivity contribution < 1.29 is 9.47 Å². The highest BCUT2D eigenvalue weighted by atomic mass is 32.2. The number of nitrogen functional groups attached to an aromatic ring is 1. The first-order chi connectivity index (χ1) is 10.3. The third-order valence-electron chi connectivity index (χ3n) is 3.34. The third-order valence-corrected chi connectivity index (χ3v) is 4.42. The predicted octanol–water partition coefficient (Wildman–Crippen LogP) is 3.76. The quantitative estimate of drug-likeness (QED) is 0.519. The Morgan fingerprint density at radius 3 is 2.71 bits per heavy atom. The molecule has 0 aromatic heterocycles. The van der Waals surface area contributed by atoms with Crippen LogP contribution >= 0.6 is 11.8 Å². The summed E-state index contributed by atoms with van der Waals surface area (Å²) in [6.07, 6.45) is 2.19. The number of nitrogens with two attached hydrogens (primary N) is 1. The highest BCUT2D eigenvalue weighted by Crippen LogP contribution is 2.34. The van der Waals surface area contributed by atoms with E-state index in [4.69, 9.17) is 15.2 Å². The average Bonchev–Trinajstić information content (AvgIpc) is 2.51. The molecule has 0 saturated carbocycles. The number of anilines is 1. The molecule has 0 unspecified atom stereocenters. The van der Waals surface area contributed by atoms with Crippen LogP contribution in [0.15, 0.2) is 47.4 Å². The standard InChI is InChI=1S/C17H19NO2S/c18-14-5-1-3-13(11-14)4-2-10-21-15-6-7-16-17(12-15)20-9-8-19-16/h1,3,5-7,11-12H,2,4,8-10,18H2. The van der Waals surface area contributed by atoms with Crippen molar-refractivity contribution in [2.45, 2.75) is 17.7 Å². The zero-order valence-corrected chi connectivity index (χ0v) is 12.7. The molecule has 0 spiro atoms. The van der Waals surface area contributed by atoms with Gasteiger partial charge in [-0.25, -0.2) is 0 Å². The van der Waals surface area contributed by atoms with Gasteiger partial charge < -0.3 is 15.2 Å². The highest BCUT2D eigenvalue weighted by molar-refractivity contribution is 7.99. The minimum Gasteiger partial charge on any atom is -0.486 e. The molecule has 0 fully saturated rings. The molecule has 4 heteroatoms. The van der Waals surface area contributed by atoms with Gasteiger partial charge in [0.15, 0.2) is 11.5 Å². The van der Waals surface area contributed by atoms with Crippen molar-refractivity contribution in [3.63, 3.8) is 0 Å². The molecule has 0 radical (unpaired) electrons. The van der Waals surface area contributed by atoms with Gasteiger partial charge in [-0.1, -0.05) is 12.1 Å². The minimum atomic E-state index is 0.635. The molecular formula is C17H19NO2S. The number of rotatable bonds is 5. The molecule has 0 atom stereocenters. The van der Waals surface area contributed by atoms with Crippen molar-refractivity contribution in [3.8, 4) is 11.5 Å². The van der Waals surface area contributed by atoms with Crippen molar-refractivity contribution in [1.82, 2.24) is 0 Å². The van der Waals surface area contributed by atoms with Gasteiger partial charge in [0, 0.05) is 10.6 Å². The van der Waals surface area contributed by atoms with Crippen LogP contribution in [0.3, 0.4) is 0 Å². The number of thioether (sulfide) groups is 1. The van der Waals surface area contributed by atoms with E-state index >= 15 is 0 Å². The number of fused-ring (bicyclic) bond motifs is 1. The second-order valence-electron chi connectivity index (χ2n) is 5.00. The molecule has 0 bridgehead atoms. The summed E-state index contributed by atoms with van der Waals surface area (Å²) in [4.78, 5) is 1.23. The summed E-state index contributed by atoms with van der Waals surface area (Å²) in [5.74, 6) is 2.79. The summed E-state index contributed by atoms with van der Waals surface area (Å²) in [5.41, 5.74) is 7.93. The van der Waals surface area contributed by atoms with E-state index in [1.807, 2.05) is 30.0 Å². The van der Waals surface area contributed by atoms with Gasteiger partial charge in [-0.15, -0.1) is 11.8 Å². The molecule has 3 rings (SSSR count). The monoisotopic (exact) mass is 301 g/mol. The van der Waals surface area contributed by atoms with E-state index < -0.39 is 0 Å². The van der Waals surface area contributed by atoms with Crippen LogP contribution in [-0.2, 0) is 6.42 Å². The van der Waals surface area contributed by atoms with E-state index in [9.17, 15) is 0 Å². The average molecular weight is 301 g/mol. The van der Waals surface area contributed by atoms with Gasteiger partial charge in [0.05, 0.1) is 0 Å². The minimum absolute atomic E-state index is 0.635. The van der Waals surface area contributed by atoms with Crippen molar-refractivity contribution in [1.29, 1.82) is 0 Å². The molecule has 2 aromatic rings. The van der Waals surface area contributed by atoms with Gasteiger partial charge in [-0.2, -0.15) is 0 Å². The molecular weight excluding hydrogens is 282 g/mol. The Balaban J connectivity index is 1.49. The third kappa shape index (κ3) is 3.85. The SMILES string of the molecule is Nc1cccc(CCCSc2ccc3c(c2)OCCO3)c1. The van der Waals surface area contributed by atoms with Crippen LogP contribution in [-0.4, -0.2) is 19.0 Å². The Hall–Kier alpha value is -1.81. The summed E-state index contributed by atoms with van der Waals surface area (Å²) in [5, 5.41) is 0. The number of hydrogen-bond donors (Lipinski definition) is 1. The Morgan fingerprint density at radius 2 is 1.86 bits per heavy atom. The molecule has 1 aliphatic rings. The van der Waals surface area contributed by atoms with Crippen LogP contribution in [0.5, 0.6) is 11.5 Å². The zero-order chi connectivity index (χ0) is 14.5. The zero-order valence-electron chi connectivity index (χ0n) is 11.9. The van der Waals surface area contributed by atoms with E-state index in [2.05, 4.69) is 24.3 Å². The smallest absolute Gasteiger partial charge is 0.162 e. The van der Waals surface area contributed by atoms with Gasteiger partial charge in [0.2, 0.25) is 0 Å². The summed E-state index contributed by atoms with van der Waals surface area (Å²) in [7, 11) is 0. The van der Waals surface area contributed by atoms with Gasteiger partial charge in [-0.05, 0) is 54.5 Å². The summed E-state index contributed by atoms with van der Waals surface area (Å²) >= 11 is 1.85. The van der Waals surface area contributed by atoms with Crippen molar-refractivity contribution in [2.24, 2.45) is 0 Å². The van der Waals surface area contributed by atoms with Crippen LogP contribution in [0, 0.1) is 0 Å². The molecule has 0 saturated heterocycles. The molecule has 0 amide bonds. The first kappa shape index (κ1) is 14.1. The maximum absolute atomic E-state index is 5.79. The van der Waals surface area contributed by atoms with Gasteiger partial charge in [0.1, 0.15) is 13.2 Å². The summed E-state index contributed by atoms with van der Waals surface area (Å²) < 4.78 is 11.1. The maximum atomic E-state index is 5.79. The Kier molecular flexibility index (Phi) is 4.55. The lowest BCUT2D eigenvalue weighted by Crippen LogP contribution is -2.15. The number of hydrogen-bond acceptors (Lipinski definition) is 4. The van der Waals surface area contributed by atoms with E-state index in [0.717, 1.165) is 35.8 Å². The van der Waals surface area contributed by atoms with Crippen molar-refractivity contribution in [3.05, 3.63) is 48.0 Å². The van der Waals surface area contributed by atoms with Gasteiger partial charge >= 0.3 is 0 Å². The molecule has 21 heavy (non-hydrogen) atoms. The van der Waals surface area contributed by atoms with Crippen LogP contribution in [0.25, 0.3) is 0 Å². The lowest BCUT2D eigenvalue weighted by molar-refractivity contribution is 0.171. The van der Waals surface area contributed by atoms with Crippen LogP contribution < -0.4 is 15.2 Å². The number of benzene rings is 2. The largest absolute Gasteiger partial charge is 0.486 e.